The maximum atomic E-state index is 11.1. The van der Waals surface area contributed by atoms with E-state index in [-0.39, 0.29) is 5.91 Å². The lowest BCUT2D eigenvalue weighted by atomic mass is 10.0. The highest BCUT2D eigenvalue weighted by Gasteiger charge is 2.18. The smallest absolute Gasteiger partial charge is 0.219 e. The minimum atomic E-state index is 0.204. The molecule has 0 aromatic carbocycles. The van der Waals surface area contributed by atoms with Gasteiger partial charge in [-0.2, -0.15) is 0 Å². The first-order valence-corrected chi connectivity index (χ1v) is 6.70. The molecule has 0 bridgehead atoms. The van der Waals surface area contributed by atoms with E-state index in [1.807, 2.05) is 4.90 Å². The predicted molar refractivity (Wildman–Crippen MR) is 67.8 cm³/mol. The van der Waals surface area contributed by atoms with Gasteiger partial charge in [-0.3, -0.25) is 9.69 Å². The fourth-order valence-electron chi connectivity index (χ4n) is 2.02. The summed E-state index contributed by atoms with van der Waals surface area (Å²) in [6.07, 6.45) is 2.32. The minimum absolute atomic E-state index is 0.204. The second-order valence-electron chi connectivity index (χ2n) is 4.72. The summed E-state index contributed by atoms with van der Waals surface area (Å²) in [6.45, 7) is 8.87. The molecule has 1 atom stereocenters. The fourth-order valence-corrected chi connectivity index (χ4v) is 2.39. The third kappa shape index (κ3) is 4.71. The van der Waals surface area contributed by atoms with E-state index >= 15 is 0 Å². The molecule has 0 aromatic rings. The van der Waals surface area contributed by atoms with Crippen molar-refractivity contribution in [3.05, 3.63) is 0 Å². The summed E-state index contributed by atoms with van der Waals surface area (Å²) in [5, 5.41) is 0. The van der Waals surface area contributed by atoms with Gasteiger partial charge < -0.3 is 4.90 Å². The molecule has 0 aliphatic carbocycles. The van der Waals surface area contributed by atoms with Crippen molar-refractivity contribution < 1.29 is 4.79 Å². The number of amides is 1. The number of alkyl halides is 1. The van der Waals surface area contributed by atoms with Crippen LogP contribution < -0.4 is 0 Å². The molecule has 16 heavy (non-hydrogen) atoms. The van der Waals surface area contributed by atoms with Gasteiger partial charge in [-0.05, 0) is 25.3 Å². The number of halogens is 1. The van der Waals surface area contributed by atoms with E-state index in [0.717, 1.165) is 45.0 Å². The summed E-state index contributed by atoms with van der Waals surface area (Å²) in [7, 11) is 0. The zero-order chi connectivity index (χ0) is 12.0. The lowest BCUT2D eigenvalue weighted by Crippen LogP contribution is -2.48. The summed E-state index contributed by atoms with van der Waals surface area (Å²) in [6, 6.07) is 0. The molecular formula is C12H23ClN2O. The predicted octanol–water partition coefficient (Wildman–Crippen LogP) is 1.81. The second-order valence-corrected chi connectivity index (χ2v) is 5.10. The van der Waals surface area contributed by atoms with Crippen LogP contribution in [-0.4, -0.2) is 54.3 Å². The van der Waals surface area contributed by atoms with Crippen molar-refractivity contribution in [2.75, 3.05) is 38.6 Å². The first-order valence-electron chi connectivity index (χ1n) is 6.17. The number of hydrogen-bond acceptors (Lipinski definition) is 2. The maximum absolute atomic E-state index is 11.1. The summed E-state index contributed by atoms with van der Waals surface area (Å²) in [5.74, 6) is 1.68. The van der Waals surface area contributed by atoms with Gasteiger partial charge in [0.15, 0.2) is 0 Å². The Morgan fingerprint density at radius 3 is 2.38 bits per heavy atom. The third-order valence-corrected chi connectivity index (χ3v) is 3.58. The average molecular weight is 247 g/mol. The first kappa shape index (κ1) is 13.8. The number of carbonyl (C=O) groups is 1. The lowest BCUT2D eigenvalue weighted by molar-refractivity contribution is -0.130. The second kappa shape index (κ2) is 7.13. The van der Waals surface area contributed by atoms with Crippen molar-refractivity contribution in [1.29, 1.82) is 0 Å². The van der Waals surface area contributed by atoms with E-state index in [4.69, 9.17) is 11.6 Å². The Kier molecular flexibility index (Phi) is 6.14. The lowest BCUT2D eigenvalue weighted by Gasteiger charge is -2.34. The van der Waals surface area contributed by atoms with Crippen LogP contribution in [0.15, 0.2) is 0 Å². The fraction of sp³-hybridized carbons (Fsp3) is 0.917. The van der Waals surface area contributed by atoms with Crippen molar-refractivity contribution in [2.24, 2.45) is 5.92 Å². The van der Waals surface area contributed by atoms with E-state index in [1.54, 1.807) is 6.92 Å². The standard InChI is InChI=1S/C12H23ClN2O/c1-11(3-5-13)4-6-14-7-9-15(10-8-14)12(2)16/h11H,3-10H2,1-2H3. The van der Waals surface area contributed by atoms with Gasteiger partial charge >= 0.3 is 0 Å². The molecule has 4 heteroatoms. The molecule has 1 unspecified atom stereocenters. The normalized spacial score (nSPS) is 19.8. The Morgan fingerprint density at radius 1 is 1.25 bits per heavy atom. The largest absolute Gasteiger partial charge is 0.340 e. The SMILES string of the molecule is CC(=O)N1CCN(CCC(C)CCCl)CC1. The van der Waals surface area contributed by atoms with Crippen LogP contribution in [0.4, 0.5) is 0 Å². The van der Waals surface area contributed by atoms with Gasteiger partial charge in [0.1, 0.15) is 0 Å². The number of carbonyl (C=O) groups excluding carboxylic acids is 1. The van der Waals surface area contributed by atoms with Crippen LogP contribution in [0.3, 0.4) is 0 Å². The van der Waals surface area contributed by atoms with Crippen molar-refractivity contribution in [1.82, 2.24) is 9.80 Å². The van der Waals surface area contributed by atoms with Crippen LogP contribution in [0, 0.1) is 5.92 Å². The van der Waals surface area contributed by atoms with Gasteiger partial charge in [0.25, 0.3) is 0 Å². The van der Waals surface area contributed by atoms with Crippen LogP contribution in [0.25, 0.3) is 0 Å². The van der Waals surface area contributed by atoms with Crippen LogP contribution in [0.5, 0.6) is 0 Å². The number of rotatable bonds is 5. The molecule has 1 aliphatic heterocycles. The molecule has 0 aromatic heterocycles. The molecule has 1 rings (SSSR count). The third-order valence-electron chi connectivity index (χ3n) is 3.36. The molecule has 1 aliphatic rings. The van der Waals surface area contributed by atoms with Crippen molar-refractivity contribution >= 4 is 17.5 Å². The molecular weight excluding hydrogens is 224 g/mol. The number of hydrogen-bond donors (Lipinski definition) is 0. The van der Waals surface area contributed by atoms with Crippen molar-refractivity contribution in [3.63, 3.8) is 0 Å². The highest BCUT2D eigenvalue weighted by molar-refractivity contribution is 6.17. The highest BCUT2D eigenvalue weighted by Crippen LogP contribution is 2.11. The van der Waals surface area contributed by atoms with E-state index in [2.05, 4.69) is 11.8 Å². The Bertz CT molecular complexity index is 215. The van der Waals surface area contributed by atoms with Crippen molar-refractivity contribution in [2.45, 2.75) is 26.7 Å². The van der Waals surface area contributed by atoms with Gasteiger partial charge in [-0.15, -0.1) is 11.6 Å². The molecule has 0 N–H and O–H groups in total. The van der Waals surface area contributed by atoms with Gasteiger partial charge in [0.2, 0.25) is 5.91 Å². The summed E-state index contributed by atoms with van der Waals surface area (Å²) in [5.41, 5.74) is 0. The number of nitrogens with zero attached hydrogens (tertiary/aromatic N) is 2. The zero-order valence-electron chi connectivity index (χ0n) is 10.4. The first-order chi connectivity index (χ1) is 7.63. The molecule has 1 fully saturated rings. The Balaban J connectivity index is 2.14. The molecule has 1 amide bonds. The average Bonchev–Trinajstić information content (AvgIpc) is 2.27. The summed E-state index contributed by atoms with van der Waals surface area (Å²) >= 11 is 5.71. The van der Waals surface area contributed by atoms with Gasteiger partial charge in [0.05, 0.1) is 0 Å². The highest BCUT2D eigenvalue weighted by atomic mass is 35.5. The van der Waals surface area contributed by atoms with Gasteiger partial charge in [-0.1, -0.05) is 6.92 Å². The summed E-state index contributed by atoms with van der Waals surface area (Å²) in [4.78, 5) is 15.5. The van der Waals surface area contributed by atoms with E-state index < -0.39 is 0 Å². The molecule has 0 spiro atoms. The Labute approximate surface area is 104 Å². The van der Waals surface area contributed by atoms with Gasteiger partial charge in [-0.25, -0.2) is 0 Å². The minimum Gasteiger partial charge on any atom is -0.340 e. The molecule has 94 valence electrons. The van der Waals surface area contributed by atoms with Crippen LogP contribution in [0.1, 0.15) is 26.7 Å². The van der Waals surface area contributed by atoms with E-state index in [0.29, 0.717) is 5.92 Å². The molecule has 1 saturated heterocycles. The Morgan fingerprint density at radius 2 is 1.88 bits per heavy atom. The zero-order valence-corrected chi connectivity index (χ0v) is 11.2. The molecule has 0 saturated carbocycles. The maximum Gasteiger partial charge on any atom is 0.219 e. The van der Waals surface area contributed by atoms with Crippen molar-refractivity contribution in [3.8, 4) is 0 Å². The van der Waals surface area contributed by atoms with E-state index in [1.165, 1.54) is 6.42 Å². The molecule has 0 radical (unpaired) electrons. The summed E-state index contributed by atoms with van der Waals surface area (Å²) < 4.78 is 0. The van der Waals surface area contributed by atoms with E-state index in [9.17, 15) is 4.79 Å². The molecule has 3 nitrogen and oxygen atoms in total. The number of piperazine rings is 1. The Hall–Kier alpha value is -0.280. The van der Waals surface area contributed by atoms with Crippen LogP contribution in [-0.2, 0) is 4.79 Å². The topological polar surface area (TPSA) is 23.6 Å². The van der Waals surface area contributed by atoms with Crippen LogP contribution in [0.2, 0.25) is 0 Å². The van der Waals surface area contributed by atoms with Gasteiger partial charge in [0, 0.05) is 39.0 Å². The van der Waals surface area contributed by atoms with Crippen LogP contribution >= 0.6 is 11.6 Å². The monoisotopic (exact) mass is 246 g/mol. The molecule has 1 heterocycles. The quantitative estimate of drug-likeness (QED) is 0.691.